The molecule has 0 aliphatic rings. The van der Waals surface area contributed by atoms with Gasteiger partial charge >= 0.3 is 0 Å². The average Bonchev–Trinajstić information content (AvgIpc) is 2.91. The molecular weight excluding hydrogens is 304 g/mol. The van der Waals surface area contributed by atoms with Crippen LogP contribution in [0.15, 0.2) is 35.3 Å². The van der Waals surface area contributed by atoms with Crippen LogP contribution in [-0.4, -0.2) is 20.5 Å². The van der Waals surface area contributed by atoms with Gasteiger partial charge in [-0.3, -0.25) is 14.7 Å². The number of aryl methyl sites for hydroxylation is 1. The van der Waals surface area contributed by atoms with E-state index in [-0.39, 0.29) is 11.5 Å². The summed E-state index contributed by atoms with van der Waals surface area (Å²) >= 11 is 5.81. The van der Waals surface area contributed by atoms with Crippen LogP contribution in [0.5, 0.6) is 0 Å². The lowest BCUT2D eigenvalue weighted by Gasteiger charge is -2.04. The molecule has 2 aromatic heterocycles. The number of aromatic amines is 1. The van der Waals surface area contributed by atoms with Gasteiger partial charge in [-0.15, -0.1) is 0 Å². The smallest absolute Gasteiger partial charge is 0.275 e. The van der Waals surface area contributed by atoms with Gasteiger partial charge in [0.1, 0.15) is 5.56 Å². The first-order valence-electron chi connectivity index (χ1n) is 6.61. The Kier molecular flexibility index (Phi) is 3.46. The molecule has 0 spiro atoms. The average molecular weight is 317 g/mol. The molecule has 1 amide bonds. The Hall–Kier alpha value is -2.60. The number of nitrogens with one attached hydrogen (secondary N) is 2. The van der Waals surface area contributed by atoms with Crippen molar-refractivity contribution in [3.63, 3.8) is 0 Å². The molecular formula is C15H13ClN4O2. The lowest BCUT2D eigenvalue weighted by Crippen LogP contribution is -2.20. The largest absolute Gasteiger partial charge is 0.322 e. The number of aromatic nitrogens is 3. The van der Waals surface area contributed by atoms with Crippen molar-refractivity contribution in [2.24, 2.45) is 0 Å². The third kappa shape index (κ3) is 2.37. The number of nitrogens with zero attached hydrogens (tertiary/aromatic N) is 2. The number of carbonyl (C=O) groups excluding carboxylic acids is 1. The maximum Gasteiger partial charge on any atom is 0.275 e. The fourth-order valence-corrected chi connectivity index (χ4v) is 2.23. The first-order chi connectivity index (χ1) is 10.5. The van der Waals surface area contributed by atoms with E-state index in [0.717, 1.165) is 0 Å². The molecule has 3 rings (SSSR count). The second-order valence-corrected chi connectivity index (χ2v) is 5.37. The summed E-state index contributed by atoms with van der Waals surface area (Å²) in [6.07, 6.45) is 1.47. The summed E-state index contributed by atoms with van der Waals surface area (Å²) in [7, 11) is 0. The summed E-state index contributed by atoms with van der Waals surface area (Å²) in [4.78, 5) is 28.8. The molecule has 0 atom stereocenters. The van der Waals surface area contributed by atoms with E-state index < -0.39 is 0 Å². The number of fused-ring (bicyclic) bond motifs is 1. The number of amides is 1. The van der Waals surface area contributed by atoms with Crippen LogP contribution in [0.3, 0.4) is 0 Å². The Labute approximate surface area is 130 Å². The molecule has 0 unspecified atom stereocenters. The van der Waals surface area contributed by atoms with Gasteiger partial charge in [0.05, 0.1) is 0 Å². The Balaban J connectivity index is 2.01. The summed E-state index contributed by atoms with van der Waals surface area (Å²) in [6.45, 7) is 3.44. The van der Waals surface area contributed by atoms with E-state index in [1.165, 1.54) is 10.7 Å². The zero-order valence-corrected chi connectivity index (χ0v) is 12.7. The van der Waals surface area contributed by atoms with E-state index in [1.54, 1.807) is 38.1 Å². The molecule has 1 aromatic carbocycles. The second-order valence-electron chi connectivity index (χ2n) is 4.93. The topological polar surface area (TPSA) is 79.3 Å². The number of benzene rings is 1. The normalized spacial score (nSPS) is 10.9. The van der Waals surface area contributed by atoms with Crippen molar-refractivity contribution in [3.8, 4) is 0 Å². The fraction of sp³-hybridized carbons (Fsp3) is 0.133. The minimum atomic E-state index is -0.351. The van der Waals surface area contributed by atoms with E-state index in [2.05, 4.69) is 15.4 Å². The molecule has 0 aliphatic carbocycles. The van der Waals surface area contributed by atoms with Gasteiger partial charge in [0.15, 0.2) is 5.65 Å². The van der Waals surface area contributed by atoms with Crippen molar-refractivity contribution in [3.05, 3.63) is 62.7 Å². The summed E-state index contributed by atoms with van der Waals surface area (Å²) in [5.74, 6) is -0.351. The predicted octanol–water partition coefficient (Wildman–Crippen LogP) is 2.55. The SMILES string of the molecule is Cc1nc2c(C(=O)Nc3ccc(Cl)cc3)c[nH]n2c(=O)c1C. The molecule has 22 heavy (non-hydrogen) atoms. The molecule has 0 saturated carbocycles. The van der Waals surface area contributed by atoms with Crippen LogP contribution in [0.2, 0.25) is 5.02 Å². The van der Waals surface area contributed by atoms with E-state index in [1.807, 2.05) is 0 Å². The lowest BCUT2D eigenvalue weighted by atomic mass is 10.2. The molecule has 3 aromatic rings. The highest BCUT2D eigenvalue weighted by molar-refractivity contribution is 6.30. The third-order valence-corrected chi connectivity index (χ3v) is 3.73. The molecule has 0 fully saturated rings. The van der Waals surface area contributed by atoms with Crippen molar-refractivity contribution in [1.29, 1.82) is 0 Å². The lowest BCUT2D eigenvalue weighted by molar-refractivity contribution is 0.102. The van der Waals surface area contributed by atoms with E-state index in [9.17, 15) is 9.59 Å². The number of hydrogen-bond acceptors (Lipinski definition) is 3. The van der Waals surface area contributed by atoms with Crippen LogP contribution in [0.4, 0.5) is 5.69 Å². The maximum atomic E-state index is 12.4. The molecule has 2 heterocycles. The van der Waals surface area contributed by atoms with Crippen LogP contribution < -0.4 is 10.9 Å². The van der Waals surface area contributed by atoms with Crippen molar-refractivity contribution in [1.82, 2.24) is 14.6 Å². The van der Waals surface area contributed by atoms with E-state index in [4.69, 9.17) is 11.6 Å². The molecule has 2 N–H and O–H groups in total. The first kappa shape index (κ1) is 14.3. The van der Waals surface area contributed by atoms with Gasteiger partial charge in [0, 0.05) is 28.2 Å². The van der Waals surface area contributed by atoms with Crippen LogP contribution in [0.1, 0.15) is 21.6 Å². The van der Waals surface area contributed by atoms with Gasteiger partial charge in [-0.2, -0.15) is 0 Å². The number of hydrogen-bond donors (Lipinski definition) is 2. The molecule has 0 radical (unpaired) electrons. The molecule has 0 aliphatic heterocycles. The quantitative estimate of drug-likeness (QED) is 0.762. The van der Waals surface area contributed by atoms with Crippen molar-refractivity contribution in [2.75, 3.05) is 5.32 Å². The van der Waals surface area contributed by atoms with Gasteiger partial charge in [0.25, 0.3) is 11.5 Å². The Morgan fingerprint density at radius 1 is 1.27 bits per heavy atom. The van der Waals surface area contributed by atoms with Crippen LogP contribution >= 0.6 is 11.6 Å². The van der Waals surface area contributed by atoms with Crippen LogP contribution in [0, 0.1) is 13.8 Å². The van der Waals surface area contributed by atoms with E-state index >= 15 is 0 Å². The van der Waals surface area contributed by atoms with Crippen molar-refractivity contribution in [2.45, 2.75) is 13.8 Å². The predicted molar refractivity (Wildman–Crippen MR) is 84.7 cm³/mol. The minimum Gasteiger partial charge on any atom is -0.322 e. The highest BCUT2D eigenvalue weighted by Gasteiger charge is 2.16. The molecule has 0 bridgehead atoms. The summed E-state index contributed by atoms with van der Waals surface area (Å²) < 4.78 is 1.26. The van der Waals surface area contributed by atoms with Crippen LogP contribution in [0.25, 0.3) is 5.65 Å². The zero-order valence-electron chi connectivity index (χ0n) is 12.0. The highest BCUT2D eigenvalue weighted by atomic mass is 35.5. The minimum absolute atomic E-state index is 0.215. The molecule has 7 heteroatoms. The number of halogens is 1. The van der Waals surface area contributed by atoms with Crippen molar-refractivity contribution >= 4 is 28.8 Å². The standard InChI is InChI=1S/C15H13ClN4O2/c1-8-9(2)18-13-12(7-17-20(13)15(8)22)14(21)19-11-5-3-10(16)4-6-11/h3-7,17H,1-2H3,(H,19,21). The summed E-state index contributed by atoms with van der Waals surface area (Å²) in [5, 5.41) is 6.09. The molecule has 0 saturated heterocycles. The Morgan fingerprint density at radius 2 is 1.95 bits per heavy atom. The highest BCUT2D eigenvalue weighted by Crippen LogP contribution is 2.16. The summed E-state index contributed by atoms with van der Waals surface area (Å²) in [5.41, 5.74) is 2.15. The Morgan fingerprint density at radius 3 is 2.64 bits per heavy atom. The number of carbonyl (C=O) groups is 1. The number of rotatable bonds is 2. The van der Waals surface area contributed by atoms with Crippen molar-refractivity contribution < 1.29 is 4.79 Å². The van der Waals surface area contributed by atoms with E-state index in [0.29, 0.717) is 33.2 Å². The van der Waals surface area contributed by atoms with Gasteiger partial charge in [-0.05, 0) is 38.1 Å². The van der Waals surface area contributed by atoms with Crippen LogP contribution in [-0.2, 0) is 0 Å². The van der Waals surface area contributed by atoms with Gasteiger partial charge < -0.3 is 5.32 Å². The second kappa shape index (κ2) is 5.31. The molecule has 112 valence electrons. The van der Waals surface area contributed by atoms with Gasteiger partial charge in [0.2, 0.25) is 0 Å². The monoisotopic (exact) mass is 316 g/mol. The third-order valence-electron chi connectivity index (χ3n) is 3.48. The van der Waals surface area contributed by atoms with Gasteiger partial charge in [-0.25, -0.2) is 9.50 Å². The molecule has 6 nitrogen and oxygen atoms in total. The first-order valence-corrected chi connectivity index (χ1v) is 6.99. The summed E-state index contributed by atoms with van der Waals surface area (Å²) in [6, 6.07) is 6.76. The number of H-pyrrole nitrogens is 1. The zero-order chi connectivity index (χ0) is 15.9. The Bertz CT molecular complexity index is 925. The number of anilines is 1. The fourth-order valence-electron chi connectivity index (χ4n) is 2.10. The van der Waals surface area contributed by atoms with Gasteiger partial charge in [-0.1, -0.05) is 11.6 Å². The maximum absolute atomic E-state index is 12.4.